The van der Waals surface area contributed by atoms with Crippen LogP contribution in [-0.2, 0) is 21.2 Å². The van der Waals surface area contributed by atoms with Crippen molar-refractivity contribution in [1.29, 1.82) is 0 Å². The number of carbonyl (C=O) groups is 2. The number of methoxy groups -OCH3 is 1. The largest absolute Gasteiger partial charge is 0.465 e. The van der Waals surface area contributed by atoms with Crippen LogP contribution >= 0.6 is 0 Å². The van der Waals surface area contributed by atoms with E-state index in [-0.39, 0.29) is 10.8 Å². The van der Waals surface area contributed by atoms with Crippen molar-refractivity contribution in [3.63, 3.8) is 0 Å². The maximum Gasteiger partial charge on any atom is 0.337 e. The predicted molar refractivity (Wildman–Crippen MR) is 110 cm³/mol. The second-order valence-electron chi connectivity index (χ2n) is 7.57. The lowest BCUT2D eigenvalue weighted by Gasteiger charge is -2.20. The van der Waals surface area contributed by atoms with Crippen LogP contribution in [0.2, 0.25) is 0 Å². The highest BCUT2D eigenvalue weighted by molar-refractivity contribution is 7.89. The number of hydrogen-bond donors (Lipinski definition) is 2. The summed E-state index contributed by atoms with van der Waals surface area (Å²) >= 11 is 0. The molecule has 29 heavy (non-hydrogen) atoms. The summed E-state index contributed by atoms with van der Waals surface area (Å²) in [5.74, 6) is -0.683. The Balaban J connectivity index is 1.92. The second kappa shape index (κ2) is 9.19. The molecule has 0 unspecified atom stereocenters. The summed E-state index contributed by atoms with van der Waals surface area (Å²) in [6, 6.07) is 12.8. The minimum absolute atomic E-state index is 0.106. The number of benzene rings is 2. The van der Waals surface area contributed by atoms with Gasteiger partial charge in [0.05, 0.1) is 17.6 Å². The summed E-state index contributed by atoms with van der Waals surface area (Å²) in [6.45, 7) is 5.68. The van der Waals surface area contributed by atoms with E-state index < -0.39 is 21.5 Å². The molecular formula is C21H26N2O5S. The van der Waals surface area contributed by atoms with Crippen LogP contribution in [0.3, 0.4) is 0 Å². The Morgan fingerprint density at radius 2 is 1.48 bits per heavy atom. The molecule has 2 rings (SSSR count). The zero-order valence-electron chi connectivity index (χ0n) is 17.0. The van der Waals surface area contributed by atoms with Crippen LogP contribution < -0.4 is 10.0 Å². The number of ether oxygens (including phenoxy) is 1. The van der Waals surface area contributed by atoms with E-state index in [1.807, 2.05) is 0 Å². The molecule has 0 saturated heterocycles. The third-order valence-electron chi connectivity index (χ3n) is 3.94. The number of nitrogens with one attached hydrogen (secondary N) is 2. The van der Waals surface area contributed by atoms with Crippen LogP contribution in [0.25, 0.3) is 0 Å². The molecule has 0 fully saturated rings. The van der Waals surface area contributed by atoms with Crippen molar-refractivity contribution < 1.29 is 22.7 Å². The molecule has 0 aliphatic heterocycles. The molecular weight excluding hydrogens is 392 g/mol. The van der Waals surface area contributed by atoms with E-state index in [0.717, 1.165) is 5.56 Å². The van der Waals surface area contributed by atoms with Crippen LogP contribution in [0.1, 0.15) is 47.1 Å². The number of carbonyl (C=O) groups excluding carboxylic acids is 2. The fraction of sp³-hybridized carbons (Fsp3) is 0.333. The summed E-state index contributed by atoms with van der Waals surface area (Å²) < 4.78 is 31.8. The normalized spacial score (nSPS) is 11.7. The Morgan fingerprint density at radius 1 is 0.931 bits per heavy atom. The number of hydrogen-bond acceptors (Lipinski definition) is 5. The average Bonchev–Trinajstić information content (AvgIpc) is 2.66. The lowest BCUT2D eigenvalue weighted by Crippen LogP contribution is -2.40. The predicted octanol–water partition coefficient (Wildman–Crippen LogP) is 2.52. The smallest absolute Gasteiger partial charge is 0.337 e. The molecule has 0 saturated carbocycles. The van der Waals surface area contributed by atoms with Crippen molar-refractivity contribution in [2.45, 2.75) is 37.6 Å². The molecule has 1 amide bonds. The SMILES string of the molecule is COC(=O)c1ccc(CCNC(=O)c2ccc(S(=O)(=O)NC(C)(C)C)cc2)cc1. The first-order valence-electron chi connectivity index (χ1n) is 9.11. The number of rotatable bonds is 7. The molecule has 0 bridgehead atoms. The van der Waals surface area contributed by atoms with Gasteiger partial charge in [0, 0.05) is 17.6 Å². The molecule has 2 N–H and O–H groups in total. The summed E-state index contributed by atoms with van der Waals surface area (Å²) in [4.78, 5) is 23.8. The van der Waals surface area contributed by atoms with Gasteiger partial charge in [-0.05, 0) is 69.2 Å². The second-order valence-corrected chi connectivity index (χ2v) is 9.26. The van der Waals surface area contributed by atoms with Gasteiger partial charge in [-0.25, -0.2) is 17.9 Å². The molecule has 2 aromatic carbocycles. The lowest BCUT2D eigenvalue weighted by molar-refractivity contribution is 0.0600. The van der Waals surface area contributed by atoms with Gasteiger partial charge < -0.3 is 10.1 Å². The summed E-state index contributed by atoms with van der Waals surface area (Å²) in [6.07, 6.45) is 0.592. The maximum absolute atomic E-state index is 12.3. The number of sulfonamides is 1. The summed E-state index contributed by atoms with van der Waals surface area (Å²) in [5, 5.41) is 2.80. The molecule has 0 atom stereocenters. The van der Waals surface area contributed by atoms with E-state index in [0.29, 0.717) is 24.1 Å². The quantitative estimate of drug-likeness (QED) is 0.673. The maximum atomic E-state index is 12.3. The molecule has 0 spiro atoms. The van der Waals surface area contributed by atoms with Crippen LogP contribution in [0.15, 0.2) is 53.4 Å². The van der Waals surface area contributed by atoms with Gasteiger partial charge in [-0.2, -0.15) is 0 Å². The van der Waals surface area contributed by atoms with E-state index in [9.17, 15) is 18.0 Å². The van der Waals surface area contributed by atoms with Crippen molar-refractivity contribution in [3.05, 3.63) is 65.2 Å². The Morgan fingerprint density at radius 3 is 2.00 bits per heavy atom. The highest BCUT2D eigenvalue weighted by Gasteiger charge is 2.22. The fourth-order valence-corrected chi connectivity index (χ4v) is 4.01. The van der Waals surface area contributed by atoms with Gasteiger partial charge in [0.2, 0.25) is 10.0 Å². The summed E-state index contributed by atoms with van der Waals surface area (Å²) in [5.41, 5.74) is 1.22. The van der Waals surface area contributed by atoms with Gasteiger partial charge in [-0.1, -0.05) is 12.1 Å². The van der Waals surface area contributed by atoms with Crippen LogP contribution in [0.4, 0.5) is 0 Å². The molecule has 0 aliphatic rings. The van der Waals surface area contributed by atoms with E-state index in [1.54, 1.807) is 45.0 Å². The highest BCUT2D eigenvalue weighted by atomic mass is 32.2. The first-order chi connectivity index (χ1) is 13.5. The van der Waals surface area contributed by atoms with Gasteiger partial charge >= 0.3 is 5.97 Å². The molecule has 0 heterocycles. The standard InChI is InChI=1S/C21H26N2O5S/c1-21(2,3)23-29(26,27)18-11-9-16(10-12-18)19(24)22-14-13-15-5-7-17(8-6-15)20(25)28-4/h5-12,23H,13-14H2,1-4H3,(H,22,24). The Kier molecular flexibility index (Phi) is 7.16. The van der Waals surface area contributed by atoms with Crippen molar-refractivity contribution in [2.24, 2.45) is 0 Å². The molecule has 0 aliphatic carbocycles. The van der Waals surface area contributed by atoms with E-state index in [2.05, 4.69) is 14.8 Å². The number of amides is 1. The topological polar surface area (TPSA) is 102 Å². The average molecular weight is 419 g/mol. The monoisotopic (exact) mass is 418 g/mol. The molecule has 0 aromatic heterocycles. The Labute approximate surface area is 171 Å². The van der Waals surface area contributed by atoms with Gasteiger partial charge in [0.25, 0.3) is 5.91 Å². The van der Waals surface area contributed by atoms with Crippen LogP contribution in [0.5, 0.6) is 0 Å². The third kappa shape index (κ3) is 6.69. The summed E-state index contributed by atoms with van der Waals surface area (Å²) in [7, 11) is -2.31. The molecule has 8 heteroatoms. The van der Waals surface area contributed by atoms with Gasteiger partial charge in [-0.15, -0.1) is 0 Å². The van der Waals surface area contributed by atoms with Gasteiger partial charge in [0.15, 0.2) is 0 Å². The number of esters is 1. The molecule has 0 radical (unpaired) electrons. The van der Waals surface area contributed by atoms with E-state index in [1.165, 1.54) is 31.4 Å². The van der Waals surface area contributed by atoms with E-state index in [4.69, 9.17) is 0 Å². The van der Waals surface area contributed by atoms with Gasteiger partial charge in [-0.3, -0.25) is 4.79 Å². The third-order valence-corrected chi connectivity index (χ3v) is 5.72. The highest BCUT2D eigenvalue weighted by Crippen LogP contribution is 2.14. The first-order valence-corrected chi connectivity index (χ1v) is 10.6. The van der Waals surface area contributed by atoms with Crippen LogP contribution in [0, 0.1) is 0 Å². The fourth-order valence-electron chi connectivity index (χ4n) is 2.60. The van der Waals surface area contributed by atoms with Crippen molar-refractivity contribution >= 4 is 21.9 Å². The minimum Gasteiger partial charge on any atom is -0.465 e. The van der Waals surface area contributed by atoms with E-state index >= 15 is 0 Å². The van der Waals surface area contributed by atoms with Crippen LogP contribution in [-0.4, -0.2) is 39.5 Å². The molecule has 156 valence electrons. The molecule has 7 nitrogen and oxygen atoms in total. The first kappa shape index (κ1) is 22.6. The van der Waals surface area contributed by atoms with Crippen molar-refractivity contribution in [2.75, 3.05) is 13.7 Å². The van der Waals surface area contributed by atoms with Crippen molar-refractivity contribution in [3.8, 4) is 0 Å². The Bertz CT molecular complexity index is 960. The minimum atomic E-state index is -3.64. The molecule has 2 aromatic rings. The zero-order chi connectivity index (χ0) is 21.7. The zero-order valence-corrected chi connectivity index (χ0v) is 17.8. The van der Waals surface area contributed by atoms with Crippen molar-refractivity contribution in [1.82, 2.24) is 10.0 Å². The lowest BCUT2D eigenvalue weighted by atomic mass is 10.1. The van der Waals surface area contributed by atoms with Gasteiger partial charge in [0.1, 0.15) is 0 Å². The Hall–Kier alpha value is -2.71.